The quantitative estimate of drug-likeness (QED) is 0.418. The molecule has 2 N–H and O–H groups in total. The number of amides is 1. The number of halogens is 1. The molecule has 0 bridgehead atoms. The minimum atomic E-state index is -3.80. The number of hydrogen-bond acceptors (Lipinski definition) is 5. The van der Waals surface area contributed by atoms with E-state index in [2.05, 4.69) is 10.0 Å². The van der Waals surface area contributed by atoms with Crippen molar-refractivity contribution in [3.05, 3.63) is 84.2 Å². The van der Waals surface area contributed by atoms with E-state index < -0.39 is 25.9 Å². The van der Waals surface area contributed by atoms with Gasteiger partial charge in [0.2, 0.25) is 15.9 Å². The van der Waals surface area contributed by atoms with Gasteiger partial charge in [-0.05, 0) is 73.5 Å². The van der Waals surface area contributed by atoms with E-state index in [0.717, 1.165) is 16.1 Å². The molecule has 0 heterocycles. The molecule has 0 radical (unpaired) electrons. The molecule has 0 saturated heterocycles. The largest absolute Gasteiger partial charge is 0.326 e. The zero-order chi connectivity index (χ0) is 25.6. The van der Waals surface area contributed by atoms with E-state index >= 15 is 0 Å². The molecule has 1 amide bonds. The molecule has 0 aliphatic carbocycles. The lowest BCUT2D eigenvalue weighted by atomic mass is 10.2. The monoisotopic (exact) mass is 519 g/mol. The van der Waals surface area contributed by atoms with Gasteiger partial charge in [0.15, 0.2) is 0 Å². The van der Waals surface area contributed by atoms with Gasteiger partial charge in [0.1, 0.15) is 5.82 Å². The number of nitrogens with one attached hydrogen (secondary N) is 2. The lowest BCUT2D eigenvalue weighted by molar-refractivity contribution is -0.116. The summed E-state index contributed by atoms with van der Waals surface area (Å²) in [5.74, 6) is -0.836. The summed E-state index contributed by atoms with van der Waals surface area (Å²) in [5.41, 5.74) is 1.98. The molecular weight excluding hydrogens is 493 g/mol. The van der Waals surface area contributed by atoms with Crippen LogP contribution < -0.4 is 14.3 Å². The highest BCUT2D eigenvalue weighted by Gasteiger charge is 2.18. The first-order valence-electron chi connectivity index (χ1n) is 10.7. The second-order valence-electron chi connectivity index (χ2n) is 7.91. The number of hydrogen-bond donors (Lipinski definition) is 2. The number of rotatable bonds is 10. The van der Waals surface area contributed by atoms with Crippen molar-refractivity contribution in [1.82, 2.24) is 0 Å². The van der Waals surface area contributed by atoms with E-state index in [4.69, 9.17) is 0 Å². The first-order chi connectivity index (χ1) is 16.5. The first-order valence-corrected chi connectivity index (χ1v) is 14.0. The van der Waals surface area contributed by atoms with Crippen LogP contribution in [-0.4, -0.2) is 35.5 Å². The normalized spacial score (nSPS) is 11.6. The number of aryl methyl sites for hydroxylation is 1. The van der Waals surface area contributed by atoms with Crippen molar-refractivity contribution in [2.75, 3.05) is 27.1 Å². The SMILES string of the molecule is Cc1ccccc1NS(=O)(=O)c1ccc(NC(=O)CCCN(c2ccc(F)cc2)S(C)(=O)=O)cc1. The Balaban J connectivity index is 1.57. The molecule has 0 fully saturated rings. The molecule has 11 heteroatoms. The Morgan fingerprint density at radius 3 is 2.14 bits per heavy atom. The second-order valence-corrected chi connectivity index (χ2v) is 11.5. The van der Waals surface area contributed by atoms with E-state index in [0.29, 0.717) is 17.1 Å². The highest BCUT2D eigenvalue weighted by Crippen LogP contribution is 2.21. The van der Waals surface area contributed by atoms with Gasteiger partial charge < -0.3 is 5.32 Å². The van der Waals surface area contributed by atoms with Crippen LogP contribution in [0.1, 0.15) is 18.4 Å². The number of carbonyl (C=O) groups excluding carboxylic acids is 1. The van der Waals surface area contributed by atoms with Gasteiger partial charge in [-0.1, -0.05) is 18.2 Å². The second kappa shape index (κ2) is 10.9. The van der Waals surface area contributed by atoms with Crippen molar-refractivity contribution in [1.29, 1.82) is 0 Å². The summed E-state index contributed by atoms with van der Waals surface area (Å²) in [5, 5.41) is 2.67. The standard InChI is InChI=1S/C24H26FN3O5S2/c1-18-6-3-4-7-23(18)27-35(32,33)22-15-11-20(12-16-22)26-24(29)8-5-17-28(34(2,30)31)21-13-9-19(25)10-14-21/h3-4,6-7,9-16,27H,5,8,17H2,1-2H3,(H,26,29). The van der Waals surface area contributed by atoms with Gasteiger partial charge in [-0.3, -0.25) is 13.8 Å². The lowest BCUT2D eigenvalue weighted by Gasteiger charge is -2.22. The summed E-state index contributed by atoms with van der Waals surface area (Å²) < 4.78 is 66.3. The van der Waals surface area contributed by atoms with Gasteiger partial charge in [-0.15, -0.1) is 0 Å². The van der Waals surface area contributed by atoms with Crippen LogP contribution in [0, 0.1) is 12.7 Å². The average Bonchev–Trinajstić information content (AvgIpc) is 2.78. The van der Waals surface area contributed by atoms with Gasteiger partial charge in [0, 0.05) is 18.7 Å². The van der Waals surface area contributed by atoms with Crippen LogP contribution in [0.4, 0.5) is 21.5 Å². The Kier molecular flexibility index (Phi) is 8.13. The maximum Gasteiger partial charge on any atom is 0.261 e. The fraction of sp³-hybridized carbons (Fsp3) is 0.208. The van der Waals surface area contributed by atoms with Crippen LogP contribution in [0.3, 0.4) is 0 Å². The number of anilines is 3. The third-order valence-electron chi connectivity index (χ3n) is 5.12. The van der Waals surface area contributed by atoms with Crippen LogP contribution in [0.25, 0.3) is 0 Å². The molecule has 0 aliphatic rings. The number of sulfonamides is 2. The van der Waals surface area contributed by atoms with E-state index in [1.165, 1.54) is 48.5 Å². The molecule has 0 aliphatic heterocycles. The Morgan fingerprint density at radius 2 is 1.54 bits per heavy atom. The van der Waals surface area contributed by atoms with E-state index in [1.54, 1.807) is 25.1 Å². The predicted molar refractivity (Wildman–Crippen MR) is 135 cm³/mol. The third-order valence-corrected chi connectivity index (χ3v) is 7.69. The van der Waals surface area contributed by atoms with Crippen molar-refractivity contribution in [3.63, 3.8) is 0 Å². The Labute approximate surface area is 204 Å². The Hall–Kier alpha value is -3.44. The van der Waals surface area contributed by atoms with Crippen molar-refractivity contribution < 1.29 is 26.0 Å². The molecule has 0 spiro atoms. The number of nitrogens with zero attached hydrogens (tertiary/aromatic N) is 1. The fourth-order valence-corrected chi connectivity index (χ4v) is 5.41. The van der Waals surface area contributed by atoms with Crippen LogP contribution in [-0.2, 0) is 24.8 Å². The van der Waals surface area contributed by atoms with Gasteiger partial charge in [-0.25, -0.2) is 21.2 Å². The highest BCUT2D eigenvalue weighted by molar-refractivity contribution is 7.92. The van der Waals surface area contributed by atoms with Gasteiger partial charge in [0.05, 0.1) is 22.5 Å². The molecule has 8 nitrogen and oxygen atoms in total. The van der Waals surface area contributed by atoms with E-state index in [1.807, 2.05) is 6.07 Å². The minimum absolute atomic E-state index is 0.0299. The Bertz CT molecular complexity index is 1390. The molecule has 35 heavy (non-hydrogen) atoms. The summed E-state index contributed by atoms with van der Waals surface area (Å²) in [6.45, 7) is 1.84. The molecule has 0 unspecified atom stereocenters. The number of para-hydroxylation sites is 1. The van der Waals surface area contributed by atoms with Crippen molar-refractivity contribution in [2.45, 2.75) is 24.7 Å². The molecule has 0 atom stereocenters. The average molecular weight is 520 g/mol. The molecule has 3 aromatic rings. The maximum absolute atomic E-state index is 13.2. The molecule has 0 saturated carbocycles. The van der Waals surface area contributed by atoms with Crippen LogP contribution in [0.5, 0.6) is 0 Å². The van der Waals surface area contributed by atoms with Gasteiger partial charge in [-0.2, -0.15) is 0 Å². The molecular formula is C24H26FN3O5S2. The van der Waals surface area contributed by atoms with Crippen molar-refractivity contribution in [2.24, 2.45) is 0 Å². The molecule has 3 aromatic carbocycles. The van der Waals surface area contributed by atoms with Crippen LogP contribution in [0.2, 0.25) is 0 Å². The number of carbonyl (C=O) groups is 1. The zero-order valence-electron chi connectivity index (χ0n) is 19.2. The van der Waals surface area contributed by atoms with E-state index in [-0.39, 0.29) is 30.2 Å². The van der Waals surface area contributed by atoms with Crippen LogP contribution >= 0.6 is 0 Å². The van der Waals surface area contributed by atoms with E-state index in [9.17, 15) is 26.0 Å². The third kappa shape index (κ3) is 7.27. The molecule has 3 rings (SSSR count). The fourth-order valence-electron chi connectivity index (χ4n) is 3.31. The topological polar surface area (TPSA) is 113 Å². The van der Waals surface area contributed by atoms with Gasteiger partial charge in [0.25, 0.3) is 10.0 Å². The minimum Gasteiger partial charge on any atom is -0.326 e. The summed E-state index contributed by atoms with van der Waals surface area (Å²) in [7, 11) is -7.41. The summed E-state index contributed by atoms with van der Waals surface area (Å²) in [6, 6.07) is 17.8. The molecule has 0 aromatic heterocycles. The van der Waals surface area contributed by atoms with Crippen LogP contribution in [0.15, 0.2) is 77.7 Å². The van der Waals surface area contributed by atoms with Crippen molar-refractivity contribution in [3.8, 4) is 0 Å². The smallest absolute Gasteiger partial charge is 0.261 e. The number of benzene rings is 3. The maximum atomic E-state index is 13.2. The summed E-state index contributed by atoms with van der Waals surface area (Å²) >= 11 is 0. The lowest BCUT2D eigenvalue weighted by Crippen LogP contribution is -2.31. The highest BCUT2D eigenvalue weighted by atomic mass is 32.2. The van der Waals surface area contributed by atoms with Gasteiger partial charge >= 0.3 is 0 Å². The zero-order valence-corrected chi connectivity index (χ0v) is 20.9. The van der Waals surface area contributed by atoms with Crippen molar-refractivity contribution >= 4 is 43.0 Å². The molecule has 186 valence electrons. The first kappa shape index (κ1) is 26.2. The summed E-state index contributed by atoms with van der Waals surface area (Å²) in [6.07, 6.45) is 1.30. The summed E-state index contributed by atoms with van der Waals surface area (Å²) in [4.78, 5) is 12.4. The Morgan fingerprint density at radius 1 is 0.914 bits per heavy atom. The predicted octanol–water partition coefficient (Wildman–Crippen LogP) is 4.12.